The minimum atomic E-state index is -4.39. The van der Waals surface area contributed by atoms with Gasteiger partial charge < -0.3 is 0 Å². The van der Waals surface area contributed by atoms with Crippen LogP contribution >= 0.6 is 10.8 Å². The van der Waals surface area contributed by atoms with Crippen molar-refractivity contribution in [2.75, 3.05) is 0 Å². The molecule has 1 heterocycles. The quantitative estimate of drug-likeness (QED) is 0.592. The summed E-state index contributed by atoms with van der Waals surface area (Å²) in [5.41, 5.74) is 0. The fourth-order valence-corrected chi connectivity index (χ4v) is 1.39. The van der Waals surface area contributed by atoms with Gasteiger partial charge in [-0.15, -0.1) is 0 Å². The summed E-state index contributed by atoms with van der Waals surface area (Å²) in [5, 5.41) is 1.11. The van der Waals surface area contributed by atoms with Crippen molar-refractivity contribution in [3.05, 3.63) is 22.4 Å². The van der Waals surface area contributed by atoms with Crippen LogP contribution in [-0.2, 0) is 6.18 Å². The highest BCUT2D eigenvalue weighted by Crippen LogP contribution is 2.37. The molecule has 0 saturated heterocycles. The van der Waals surface area contributed by atoms with E-state index in [0.717, 1.165) is 11.4 Å². The molecule has 0 radical (unpaired) electrons. The van der Waals surface area contributed by atoms with Crippen LogP contribution in [0.4, 0.5) is 13.2 Å². The Hall–Kier alpha value is -0.550. The first kappa shape index (κ1) is 7.56. The maximum Gasteiger partial charge on any atom is 0.469 e. The minimum Gasteiger partial charge on any atom is -0.164 e. The maximum atomic E-state index is 11.7. The van der Waals surface area contributed by atoms with Crippen LogP contribution in [0.15, 0.2) is 17.5 Å². The molecule has 0 fully saturated rings. The molecule has 1 unspecified atom stereocenters. The molecule has 0 aliphatic rings. The van der Waals surface area contributed by atoms with Crippen LogP contribution in [0.5, 0.6) is 0 Å². The molecule has 1 aromatic rings. The van der Waals surface area contributed by atoms with Crippen molar-refractivity contribution in [2.24, 2.45) is 0 Å². The Morgan fingerprint density at radius 1 is 1.40 bits per heavy atom. The first-order valence-electron chi connectivity index (χ1n) is 2.39. The summed E-state index contributed by atoms with van der Waals surface area (Å²) in [5.74, 6) is 0. The van der Waals surface area contributed by atoms with Crippen LogP contribution in [0.1, 0.15) is 4.88 Å². The Morgan fingerprint density at radius 2 is 2.00 bits per heavy atom. The lowest BCUT2D eigenvalue weighted by Crippen LogP contribution is -2.02. The Labute approximate surface area is 57.9 Å². The summed E-state index contributed by atoms with van der Waals surface area (Å²) in [6.07, 6.45) is -4.39. The van der Waals surface area contributed by atoms with Gasteiger partial charge in [0.15, 0.2) is 16.1 Å². The molecule has 0 spiro atoms. The van der Waals surface area contributed by atoms with Gasteiger partial charge in [0.2, 0.25) is 0 Å². The standard InChI is InChI=1S/C5H4F3OS/c6-5(7,8)4-2-1-3-10(4)9/h1-3,9H/q+1. The Balaban J connectivity index is 3.05. The van der Waals surface area contributed by atoms with E-state index in [4.69, 9.17) is 4.55 Å². The molecule has 1 N–H and O–H groups in total. The second kappa shape index (κ2) is 2.25. The molecule has 0 aromatic carbocycles. The Kier molecular flexibility index (Phi) is 1.70. The van der Waals surface area contributed by atoms with Crippen molar-refractivity contribution in [3.63, 3.8) is 0 Å². The lowest BCUT2D eigenvalue weighted by Gasteiger charge is -1.95. The van der Waals surface area contributed by atoms with Gasteiger partial charge in [-0.1, -0.05) is 0 Å². The van der Waals surface area contributed by atoms with Gasteiger partial charge >= 0.3 is 6.18 Å². The first-order chi connectivity index (χ1) is 4.52. The second-order valence-electron chi connectivity index (χ2n) is 1.67. The lowest BCUT2D eigenvalue weighted by molar-refractivity contribution is -0.134. The molecular weight excluding hydrogens is 165 g/mol. The lowest BCUT2D eigenvalue weighted by atomic mass is 10.5. The monoisotopic (exact) mass is 169 g/mol. The molecule has 0 amide bonds. The largest absolute Gasteiger partial charge is 0.469 e. The van der Waals surface area contributed by atoms with E-state index in [2.05, 4.69) is 0 Å². The molecule has 1 rings (SSSR count). The van der Waals surface area contributed by atoms with Gasteiger partial charge in [-0.2, -0.15) is 17.7 Å². The number of halogens is 3. The van der Waals surface area contributed by atoms with E-state index in [1.54, 1.807) is 0 Å². The third kappa shape index (κ3) is 1.30. The van der Waals surface area contributed by atoms with Crippen LogP contribution in [-0.4, -0.2) is 4.55 Å². The molecule has 1 atom stereocenters. The van der Waals surface area contributed by atoms with Gasteiger partial charge in [-0.05, 0) is 6.07 Å². The summed E-state index contributed by atoms with van der Waals surface area (Å²) in [6.45, 7) is 0. The van der Waals surface area contributed by atoms with Gasteiger partial charge in [0.1, 0.15) is 0 Å². The average Bonchev–Trinajstić information content (AvgIpc) is 2.11. The number of hydrogen-bond acceptors (Lipinski definition) is 1. The molecule has 5 heteroatoms. The normalized spacial score (nSPS) is 13.8. The molecule has 0 aliphatic carbocycles. The molecule has 1 nitrogen and oxygen atoms in total. The minimum absolute atomic E-state index is 0.868. The average molecular weight is 169 g/mol. The van der Waals surface area contributed by atoms with Gasteiger partial charge in [0, 0.05) is 6.07 Å². The highest BCUT2D eigenvalue weighted by atomic mass is 32.2. The van der Waals surface area contributed by atoms with Crippen LogP contribution in [0.25, 0.3) is 0 Å². The van der Waals surface area contributed by atoms with E-state index in [0.29, 0.717) is 0 Å². The molecule has 0 saturated carbocycles. The van der Waals surface area contributed by atoms with Crippen molar-refractivity contribution in [1.29, 1.82) is 0 Å². The van der Waals surface area contributed by atoms with Crippen molar-refractivity contribution < 1.29 is 17.7 Å². The van der Waals surface area contributed by atoms with Gasteiger partial charge in [-0.3, -0.25) is 0 Å². The summed E-state index contributed by atoms with van der Waals surface area (Å²) in [7, 11) is -1.72. The zero-order valence-corrected chi connectivity index (χ0v) is 5.54. The van der Waals surface area contributed by atoms with E-state index in [1.807, 2.05) is 0 Å². The maximum absolute atomic E-state index is 11.7. The summed E-state index contributed by atoms with van der Waals surface area (Å²) in [4.78, 5) is -0.868. The number of rotatable bonds is 0. The van der Waals surface area contributed by atoms with E-state index in [9.17, 15) is 13.2 Å². The summed E-state index contributed by atoms with van der Waals surface area (Å²) in [6, 6.07) is 2.08. The molecule has 10 heavy (non-hydrogen) atoms. The van der Waals surface area contributed by atoms with Crippen molar-refractivity contribution >= 4 is 10.8 Å². The Morgan fingerprint density at radius 3 is 2.20 bits per heavy atom. The number of hydrogen-bond donors (Lipinski definition) is 1. The highest BCUT2D eigenvalue weighted by molar-refractivity contribution is 7.23. The molecule has 0 bridgehead atoms. The van der Waals surface area contributed by atoms with Gasteiger partial charge in [-0.25, -0.2) is 0 Å². The fourth-order valence-electron chi connectivity index (χ4n) is 0.557. The zero-order valence-electron chi connectivity index (χ0n) is 4.72. The van der Waals surface area contributed by atoms with Crippen LogP contribution < -0.4 is 0 Å². The molecule has 56 valence electrons. The fraction of sp³-hybridized carbons (Fsp3) is 0.200. The van der Waals surface area contributed by atoms with Gasteiger partial charge in [0.25, 0.3) is 4.88 Å². The first-order valence-corrected chi connectivity index (χ1v) is 3.64. The van der Waals surface area contributed by atoms with Crippen molar-refractivity contribution in [2.45, 2.75) is 6.18 Å². The zero-order chi connectivity index (χ0) is 7.78. The third-order valence-electron chi connectivity index (χ3n) is 0.960. The second-order valence-corrected chi connectivity index (χ2v) is 3.01. The smallest absolute Gasteiger partial charge is 0.164 e. The SMILES string of the molecule is O[s+]1cccc1C(F)(F)F. The summed E-state index contributed by atoms with van der Waals surface area (Å²) < 4.78 is 43.9. The molecular formula is C5H4F3OS+. The van der Waals surface area contributed by atoms with E-state index < -0.39 is 21.8 Å². The van der Waals surface area contributed by atoms with Crippen molar-refractivity contribution in [1.82, 2.24) is 0 Å². The number of thiophene rings is 1. The Bertz CT molecular complexity index is 227. The van der Waals surface area contributed by atoms with Gasteiger partial charge in [0.05, 0.1) is 0 Å². The van der Waals surface area contributed by atoms with Crippen LogP contribution in [0.3, 0.4) is 0 Å². The topological polar surface area (TPSA) is 20.2 Å². The predicted molar refractivity (Wildman–Crippen MR) is 31.3 cm³/mol. The molecule has 0 aliphatic heterocycles. The van der Waals surface area contributed by atoms with E-state index in [1.165, 1.54) is 6.07 Å². The molecule has 1 aromatic heterocycles. The van der Waals surface area contributed by atoms with Crippen LogP contribution in [0, 0.1) is 0 Å². The highest BCUT2D eigenvalue weighted by Gasteiger charge is 2.41. The third-order valence-corrected chi connectivity index (χ3v) is 2.19. The van der Waals surface area contributed by atoms with Crippen LogP contribution in [0.2, 0.25) is 0 Å². The number of alkyl halides is 3. The summed E-state index contributed by atoms with van der Waals surface area (Å²) >= 11 is 0. The van der Waals surface area contributed by atoms with Crippen molar-refractivity contribution in [3.8, 4) is 0 Å². The van der Waals surface area contributed by atoms with E-state index >= 15 is 0 Å². The van der Waals surface area contributed by atoms with E-state index in [-0.39, 0.29) is 0 Å². The predicted octanol–water partition coefficient (Wildman–Crippen LogP) is 2.59.